The molecule has 3 rings (SSSR count). The minimum atomic E-state index is -0.426. The van der Waals surface area contributed by atoms with Gasteiger partial charge in [-0.3, -0.25) is 4.79 Å². The number of rotatable bonds is 11. The third kappa shape index (κ3) is 7.06. The molecular formula is C23H25IN6O2S. The van der Waals surface area contributed by atoms with Crippen molar-refractivity contribution in [2.45, 2.75) is 30.4 Å². The molecule has 1 heterocycles. The minimum absolute atomic E-state index is 0.238. The zero-order chi connectivity index (χ0) is 23.6. The summed E-state index contributed by atoms with van der Waals surface area (Å²) in [5.41, 5.74) is 4.35. The third-order valence-electron chi connectivity index (χ3n) is 4.57. The standard InChI is InChI=1S/C23H25IN6O2S/c1-4-13-30-21(15-25-19-11-9-18(24)10-12-19)27-29-23(30)33-16(2)22(31)28-26-14-17-7-5-6-8-20(17)32-3/h4-12,14,16,25H,1,13,15H2,2-3H3,(H,28,31)/t16-/m0/s1. The summed E-state index contributed by atoms with van der Waals surface area (Å²) in [5, 5.41) is 16.2. The van der Waals surface area contributed by atoms with E-state index in [1.807, 2.05) is 53.1 Å². The molecule has 0 fully saturated rings. The predicted molar refractivity (Wildman–Crippen MR) is 141 cm³/mol. The number of thioether (sulfide) groups is 1. The summed E-state index contributed by atoms with van der Waals surface area (Å²) in [6.45, 7) is 6.68. The van der Waals surface area contributed by atoms with Crippen LogP contribution in [0.25, 0.3) is 0 Å². The van der Waals surface area contributed by atoms with E-state index in [2.05, 4.69) is 55.2 Å². The number of carbonyl (C=O) groups is 1. The maximum atomic E-state index is 12.5. The fourth-order valence-corrected chi connectivity index (χ4v) is 4.07. The molecule has 1 amide bonds. The van der Waals surface area contributed by atoms with Crippen LogP contribution in [0.4, 0.5) is 5.69 Å². The van der Waals surface area contributed by atoms with Gasteiger partial charge in [0.05, 0.1) is 25.1 Å². The van der Waals surface area contributed by atoms with Gasteiger partial charge in [0.15, 0.2) is 11.0 Å². The van der Waals surface area contributed by atoms with Crippen LogP contribution < -0.4 is 15.5 Å². The second-order valence-electron chi connectivity index (χ2n) is 6.89. The number of anilines is 1. The third-order valence-corrected chi connectivity index (χ3v) is 6.37. The number of nitrogens with one attached hydrogen (secondary N) is 2. The van der Waals surface area contributed by atoms with Crippen molar-refractivity contribution in [3.8, 4) is 5.75 Å². The van der Waals surface area contributed by atoms with Crippen LogP contribution in [0.3, 0.4) is 0 Å². The molecule has 0 saturated carbocycles. The molecule has 0 aliphatic carbocycles. The van der Waals surface area contributed by atoms with E-state index < -0.39 is 5.25 Å². The predicted octanol–water partition coefficient (Wildman–Crippen LogP) is 4.32. The van der Waals surface area contributed by atoms with E-state index in [-0.39, 0.29) is 5.91 Å². The highest BCUT2D eigenvalue weighted by atomic mass is 127. The van der Waals surface area contributed by atoms with Crippen LogP contribution in [0.2, 0.25) is 0 Å². The molecule has 33 heavy (non-hydrogen) atoms. The Kier molecular flexibility index (Phi) is 9.31. The van der Waals surface area contributed by atoms with Crippen LogP contribution in [0, 0.1) is 3.57 Å². The van der Waals surface area contributed by atoms with Gasteiger partial charge in [0.2, 0.25) is 0 Å². The fourth-order valence-electron chi connectivity index (χ4n) is 2.84. The SMILES string of the molecule is C=CCn1c(CNc2ccc(I)cc2)nnc1S[C@@H](C)C(=O)NN=Cc1ccccc1OC. The van der Waals surface area contributed by atoms with Crippen LogP contribution in [-0.2, 0) is 17.9 Å². The molecule has 10 heteroatoms. The average Bonchev–Trinajstić information content (AvgIpc) is 3.20. The van der Waals surface area contributed by atoms with E-state index in [0.29, 0.717) is 24.0 Å². The lowest BCUT2D eigenvalue weighted by atomic mass is 10.2. The van der Waals surface area contributed by atoms with Crippen molar-refractivity contribution in [3.05, 3.63) is 76.1 Å². The van der Waals surface area contributed by atoms with Crippen LogP contribution in [0.15, 0.2) is 71.4 Å². The van der Waals surface area contributed by atoms with E-state index in [1.54, 1.807) is 26.3 Å². The second kappa shape index (κ2) is 12.4. The number of methoxy groups -OCH3 is 1. The Morgan fingerprint density at radius 2 is 2.03 bits per heavy atom. The monoisotopic (exact) mass is 576 g/mol. The first-order chi connectivity index (χ1) is 16.0. The largest absolute Gasteiger partial charge is 0.496 e. The lowest BCUT2D eigenvalue weighted by molar-refractivity contribution is -0.120. The van der Waals surface area contributed by atoms with Gasteiger partial charge in [0, 0.05) is 21.4 Å². The summed E-state index contributed by atoms with van der Waals surface area (Å²) < 4.78 is 8.40. The molecule has 1 aromatic heterocycles. The van der Waals surface area contributed by atoms with Crippen molar-refractivity contribution in [2.75, 3.05) is 12.4 Å². The number of ether oxygens (including phenoxy) is 1. The summed E-state index contributed by atoms with van der Waals surface area (Å²) >= 11 is 3.59. The van der Waals surface area contributed by atoms with E-state index >= 15 is 0 Å². The Morgan fingerprint density at radius 1 is 1.27 bits per heavy atom. The molecule has 2 N–H and O–H groups in total. The summed E-state index contributed by atoms with van der Waals surface area (Å²) in [4.78, 5) is 12.5. The summed E-state index contributed by atoms with van der Waals surface area (Å²) in [5.74, 6) is 1.21. The van der Waals surface area contributed by atoms with Crippen molar-refractivity contribution in [1.82, 2.24) is 20.2 Å². The molecule has 0 radical (unpaired) electrons. The van der Waals surface area contributed by atoms with E-state index in [4.69, 9.17) is 4.74 Å². The molecule has 0 bridgehead atoms. The van der Waals surface area contributed by atoms with E-state index in [0.717, 1.165) is 17.1 Å². The summed E-state index contributed by atoms with van der Waals surface area (Å²) in [6.07, 6.45) is 3.34. The van der Waals surface area contributed by atoms with Gasteiger partial charge in [0.1, 0.15) is 5.75 Å². The highest BCUT2D eigenvalue weighted by Crippen LogP contribution is 2.23. The molecular weight excluding hydrogens is 551 g/mol. The van der Waals surface area contributed by atoms with Crippen molar-refractivity contribution in [1.29, 1.82) is 0 Å². The highest BCUT2D eigenvalue weighted by molar-refractivity contribution is 14.1. The fraction of sp³-hybridized carbons (Fsp3) is 0.217. The summed E-state index contributed by atoms with van der Waals surface area (Å²) in [6, 6.07) is 15.5. The van der Waals surface area contributed by atoms with Crippen LogP contribution in [-0.4, -0.2) is 39.2 Å². The van der Waals surface area contributed by atoms with Gasteiger partial charge >= 0.3 is 0 Å². The number of hydrogen-bond acceptors (Lipinski definition) is 7. The van der Waals surface area contributed by atoms with Crippen molar-refractivity contribution in [3.63, 3.8) is 0 Å². The molecule has 0 aliphatic heterocycles. The molecule has 0 saturated heterocycles. The Bertz CT molecular complexity index is 1120. The smallest absolute Gasteiger partial charge is 0.253 e. The van der Waals surface area contributed by atoms with Crippen molar-refractivity contribution < 1.29 is 9.53 Å². The number of allylic oxidation sites excluding steroid dienone is 1. The molecule has 0 aliphatic rings. The maximum absolute atomic E-state index is 12.5. The highest BCUT2D eigenvalue weighted by Gasteiger charge is 2.19. The van der Waals surface area contributed by atoms with Crippen LogP contribution in [0.1, 0.15) is 18.3 Å². The number of hydrogen-bond donors (Lipinski definition) is 2. The number of nitrogens with zero attached hydrogens (tertiary/aromatic N) is 4. The van der Waals surface area contributed by atoms with Gasteiger partial charge in [-0.25, -0.2) is 5.43 Å². The Morgan fingerprint density at radius 3 is 2.76 bits per heavy atom. The lowest BCUT2D eigenvalue weighted by Gasteiger charge is -2.12. The molecule has 1 atom stereocenters. The summed E-state index contributed by atoms with van der Waals surface area (Å²) in [7, 11) is 1.59. The Balaban J connectivity index is 1.61. The maximum Gasteiger partial charge on any atom is 0.253 e. The van der Waals surface area contributed by atoms with E-state index in [1.165, 1.54) is 15.3 Å². The number of benzene rings is 2. The first kappa shape index (κ1) is 24.8. The molecule has 0 unspecified atom stereocenters. The van der Waals surface area contributed by atoms with Gasteiger partial charge in [-0.15, -0.1) is 16.8 Å². The lowest BCUT2D eigenvalue weighted by Crippen LogP contribution is -2.27. The van der Waals surface area contributed by atoms with Crippen molar-refractivity contribution in [2.24, 2.45) is 5.10 Å². The number of halogens is 1. The molecule has 0 spiro atoms. The molecule has 2 aromatic carbocycles. The van der Waals surface area contributed by atoms with Gasteiger partial charge in [0.25, 0.3) is 5.91 Å². The second-order valence-corrected chi connectivity index (χ2v) is 9.45. The Labute approximate surface area is 211 Å². The first-order valence-corrected chi connectivity index (χ1v) is 12.1. The quantitative estimate of drug-likeness (QED) is 0.116. The first-order valence-electron chi connectivity index (χ1n) is 10.2. The number of carbonyl (C=O) groups excluding carboxylic acids is 1. The number of hydrazone groups is 1. The minimum Gasteiger partial charge on any atom is -0.496 e. The number of amides is 1. The average molecular weight is 576 g/mol. The zero-order valence-corrected chi connectivity index (χ0v) is 21.3. The zero-order valence-electron chi connectivity index (χ0n) is 18.4. The van der Waals surface area contributed by atoms with Crippen molar-refractivity contribution >= 4 is 52.2 Å². The Hall–Kier alpha value is -2.86. The van der Waals surface area contributed by atoms with Gasteiger partial charge in [-0.05, 0) is 65.9 Å². The molecule has 3 aromatic rings. The van der Waals surface area contributed by atoms with Gasteiger partial charge in [-0.1, -0.05) is 30.0 Å². The van der Waals surface area contributed by atoms with Crippen LogP contribution >= 0.6 is 34.4 Å². The van der Waals surface area contributed by atoms with Gasteiger partial charge < -0.3 is 14.6 Å². The molecule has 8 nitrogen and oxygen atoms in total. The topological polar surface area (TPSA) is 93.4 Å². The number of aromatic nitrogens is 3. The molecule has 172 valence electrons. The van der Waals surface area contributed by atoms with Gasteiger partial charge in [-0.2, -0.15) is 5.10 Å². The number of para-hydroxylation sites is 1. The van der Waals surface area contributed by atoms with Crippen LogP contribution in [0.5, 0.6) is 5.75 Å². The van der Waals surface area contributed by atoms with E-state index in [9.17, 15) is 4.79 Å². The normalized spacial score (nSPS) is 11.8.